The van der Waals surface area contributed by atoms with Crippen molar-refractivity contribution in [2.75, 3.05) is 29.9 Å². The normalized spacial score (nSPS) is 11.0. The molecule has 0 saturated heterocycles. The highest BCUT2D eigenvalue weighted by Crippen LogP contribution is 2.26. The van der Waals surface area contributed by atoms with Gasteiger partial charge in [-0.25, -0.2) is 8.42 Å². The molecule has 0 radical (unpaired) electrons. The number of nitrogens with zero attached hydrogens (tertiary/aromatic N) is 1. The first-order valence-electron chi connectivity index (χ1n) is 10.1. The van der Waals surface area contributed by atoms with Crippen LogP contribution in [0.2, 0.25) is 0 Å². The standard InChI is InChI=1S/C24H26N2O5S/c1-4-31-21-12-10-20(11-13-21)26(32(28,29)23-14-8-18(2)9-15-23)17-24(27)25-19-6-5-7-22(16-19)30-3/h5-16H,4,17H2,1-3H3,(H,25,27). The van der Waals surface area contributed by atoms with Gasteiger partial charge in [0.25, 0.3) is 10.0 Å². The summed E-state index contributed by atoms with van der Waals surface area (Å²) >= 11 is 0. The average Bonchev–Trinajstić information content (AvgIpc) is 2.79. The fourth-order valence-corrected chi connectivity index (χ4v) is 4.48. The monoisotopic (exact) mass is 454 g/mol. The predicted octanol–water partition coefficient (Wildman–Crippen LogP) is 4.24. The summed E-state index contributed by atoms with van der Waals surface area (Å²) < 4.78 is 38.6. The first-order valence-corrected chi connectivity index (χ1v) is 11.5. The van der Waals surface area contributed by atoms with E-state index in [-0.39, 0.29) is 4.90 Å². The van der Waals surface area contributed by atoms with Gasteiger partial charge in [-0.05, 0) is 62.4 Å². The maximum absolute atomic E-state index is 13.4. The van der Waals surface area contributed by atoms with Gasteiger partial charge in [-0.3, -0.25) is 9.10 Å². The van der Waals surface area contributed by atoms with Crippen LogP contribution >= 0.6 is 0 Å². The summed E-state index contributed by atoms with van der Waals surface area (Å²) in [6.45, 7) is 3.84. The van der Waals surface area contributed by atoms with Crippen LogP contribution in [0.25, 0.3) is 0 Å². The summed E-state index contributed by atoms with van der Waals surface area (Å²) in [6, 6.07) is 20.0. The van der Waals surface area contributed by atoms with Crippen LogP contribution in [0.5, 0.6) is 11.5 Å². The second-order valence-corrected chi connectivity index (χ2v) is 8.89. The maximum atomic E-state index is 13.4. The minimum atomic E-state index is -3.99. The second kappa shape index (κ2) is 10.2. The van der Waals surface area contributed by atoms with E-state index < -0.39 is 22.5 Å². The summed E-state index contributed by atoms with van der Waals surface area (Å²) in [5.74, 6) is 0.714. The Hall–Kier alpha value is -3.52. The molecule has 0 spiro atoms. The van der Waals surface area contributed by atoms with Crippen LogP contribution in [0.3, 0.4) is 0 Å². The van der Waals surface area contributed by atoms with E-state index in [4.69, 9.17) is 9.47 Å². The molecule has 3 rings (SSSR count). The number of aryl methyl sites for hydroxylation is 1. The van der Waals surface area contributed by atoms with E-state index in [0.717, 1.165) is 9.87 Å². The molecule has 1 N–H and O–H groups in total. The lowest BCUT2D eigenvalue weighted by atomic mass is 10.2. The topological polar surface area (TPSA) is 84.9 Å². The zero-order chi connectivity index (χ0) is 23.1. The van der Waals surface area contributed by atoms with Crippen molar-refractivity contribution >= 4 is 27.3 Å². The molecule has 0 aliphatic heterocycles. The zero-order valence-electron chi connectivity index (χ0n) is 18.2. The SMILES string of the molecule is CCOc1ccc(N(CC(=O)Nc2cccc(OC)c2)S(=O)(=O)c2ccc(C)cc2)cc1. The van der Waals surface area contributed by atoms with E-state index in [0.29, 0.717) is 29.5 Å². The van der Waals surface area contributed by atoms with E-state index in [1.54, 1.807) is 60.7 Å². The number of carbonyl (C=O) groups excluding carboxylic acids is 1. The number of benzene rings is 3. The van der Waals surface area contributed by atoms with Gasteiger partial charge in [0, 0.05) is 11.8 Å². The molecule has 32 heavy (non-hydrogen) atoms. The van der Waals surface area contributed by atoms with Crippen LogP contribution < -0.4 is 19.1 Å². The molecule has 168 valence electrons. The molecule has 0 aliphatic carbocycles. The summed E-state index contributed by atoms with van der Waals surface area (Å²) in [4.78, 5) is 12.9. The molecule has 3 aromatic carbocycles. The number of amides is 1. The molecular weight excluding hydrogens is 428 g/mol. The molecule has 0 unspecified atom stereocenters. The highest BCUT2D eigenvalue weighted by atomic mass is 32.2. The van der Waals surface area contributed by atoms with E-state index in [1.807, 2.05) is 13.8 Å². The van der Waals surface area contributed by atoms with Crippen LogP contribution in [0.4, 0.5) is 11.4 Å². The molecule has 7 nitrogen and oxygen atoms in total. The molecule has 0 bridgehead atoms. The summed E-state index contributed by atoms with van der Waals surface area (Å²) in [5, 5.41) is 2.73. The molecule has 8 heteroatoms. The van der Waals surface area contributed by atoms with Crippen molar-refractivity contribution < 1.29 is 22.7 Å². The molecule has 0 aliphatic rings. The van der Waals surface area contributed by atoms with Crippen molar-refractivity contribution in [3.63, 3.8) is 0 Å². The Labute approximate surface area is 188 Å². The van der Waals surface area contributed by atoms with E-state index in [1.165, 1.54) is 19.2 Å². The first kappa shape index (κ1) is 23.1. The maximum Gasteiger partial charge on any atom is 0.264 e. The largest absolute Gasteiger partial charge is 0.497 e. The van der Waals surface area contributed by atoms with Gasteiger partial charge < -0.3 is 14.8 Å². The Balaban J connectivity index is 1.92. The molecular formula is C24H26N2O5S. The molecule has 0 heterocycles. The van der Waals surface area contributed by atoms with Gasteiger partial charge in [0.1, 0.15) is 18.0 Å². The number of ether oxygens (including phenoxy) is 2. The smallest absolute Gasteiger partial charge is 0.264 e. The summed E-state index contributed by atoms with van der Waals surface area (Å²) in [5.41, 5.74) is 1.80. The number of carbonyl (C=O) groups is 1. The van der Waals surface area contributed by atoms with Crippen LogP contribution in [-0.2, 0) is 14.8 Å². The van der Waals surface area contributed by atoms with E-state index in [2.05, 4.69) is 5.32 Å². The highest BCUT2D eigenvalue weighted by Gasteiger charge is 2.27. The Kier molecular flexibility index (Phi) is 7.37. The third-order valence-corrected chi connectivity index (χ3v) is 6.47. The minimum Gasteiger partial charge on any atom is -0.497 e. The Morgan fingerprint density at radius 1 is 0.969 bits per heavy atom. The fraction of sp³-hybridized carbons (Fsp3) is 0.208. The highest BCUT2D eigenvalue weighted by molar-refractivity contribution is 7.92. The van der Waals surface area contributed by atoms with Crippen molar-refractivity contribution in [1.29, 1.82) is 0 Å². The number of hydrogen-bond donors (Lipinski definition) is 1. The Morgan fingerprint density at radius 3 is 2.28 bits per heavy atom. The van der Waals surface area contributed by atoms with E-state index in [9.17, 15) is 13.2 Å². The molecule has 0 aromatic heterocycles. The molecule has 0 atom stereocenters. The van der Waals surface area contributed by atoms with Gasteiger partial charge >= 0.3 is 0 Å². The molecule has 1 amide bonds. The summed E-state index contributed by atoms with van der Waals surface area (Å²) in [6.07, 6.45) is 0. The van der Waals surface area contributed by atoms with Crippen molar-refractivity contribution in [2.24, 2.45) is 0 Å². The Bertz CT molecular complexity index is 1160. The number of nitrogens with one attached hydrogen (secondary N) is 1. The van der Waals surface area contributed by atoms with Gasteiger partial charge in [-0.2, -0.15) is 0 Å². The molecule has 0 saturated carbocycles. The van der Waals surface area contributed by atoms with Crippen molar-refractivity contribution in [3.8, 4) is 11.5 Å². The van der Waals surface area contributed by atoms with Crippen molar-refractivity contribution in [1.82, 2.24) is 0 Å². The third-order valence-electron chi connectivity index (χ3n) is 4.69. The van der Waals surface area contributed by atoms with Gasteiger partial charge in [0.15, 0.2) is 0 Å². The number of hydrogen-bond acceptors (Lipinski definition) is 5. The van der Waals surface area contributed by atoms with Crippen LogP contribution in [0, 0.1) is 6.92 Å². The first-order chi connectivity index (χ1) is 15.3. The summed E-state index contributed by atoms with van der Waals surface area (Å²) in [7, 11) is -2.46. The number of rotatable bonds is 9. The quantitative estimate of drug-likeness (QED) is 0.523. The van der Waals surface area contributed by atoms with Crippen LogP contribution in [-0.4, -0.2) is 34.6 Å². The Morgan fingerprint density at radius 2 is 1.66 bits per heavy atom. The third kappa shape index (κ3) is 5.59. The van der Waals surface area contributed by atoms with Crippen LogP contribution in [0.15, 0.2) is 77.7 Å². The molecule has 0 fully saturated rings. The fourth-order valence-electron chi connectivity index (χ4n) is 3.06. The van der Waals surface area contributed by atoms with Gasteiger partial charge in [0.2, 0.25) is 5.91 Å². The van der Waals surface area contributed by atoms with Gasteiger partial charge in [-0.1, -0.05) is 23.8 Å². The lowest BCUT2D eigenvalue weighted by Crippen LogP contribution is -2.38. The lowest BCUT2D eigenvalue weighted by molar-refractivity contribution is -0.114. The predicted molar refractivity (Wildman–Crippen MR) is 125 cm³/mol. The van der Waals surface area contributed by atoms with Crippen molar-refractivity contribution in [3.05, 3.63) is 78.4 Å². The van der Waals surface area contributed by atoms with Gasteiger partial charge in [0.05, 0.1) is 24.3 Å². The number of methoxy groups -OCH3 is 1. The van der Waals surface area contributed by atoms with Gasteiger partial charge in [-0.15, -0.1) is 0 Å². The number of anilines is 2. The lowest BCUT2D eigenvalue weighted by Gasteiger charge is -2.24. The average molecular weight is 455 g/mol. The van der Waals surface area contributed by atoms with Crippen molar-refractivity contribution in [2.45, 2.75) is 18.7 Å². The minimum absolute atomic E-state index is 0.103. The second-order valence-electron chi connectivity index (χ2n) is 7.03. The number of sulfonamides is 1. The molecule has 3 aromatic rings. The van der Waals surface area contributed by atoms with E-state index >= 15 is 0 Å². The zero-order valence-corrected chi connectivity index (χ0v) is 19.1. The van der Waals surface area contributed by atoms with Crippen LogP contribution in [0.1, 0.15) is 12.5 Å².